The van der Waals surface area contributed by atoms with Crippen molar-refractivity contribution in [3.05, 3.63) is 24.3 Å². The van der Waals surface area contributed by atoms with Gasteiger partial charge in [0.05, 0.1) is 0 Å². The van der Waals surface area contributed by atoms with Crippen molar-refractivity contribution in [2.75, 3.05) is 0 Å². The third kappa shape index (κ3) is 3.83. The molecule has 0 spiro atoms. The van der Waals surface area contributed by atoms with Gasteiger partial charge in [0.1, 0.15) is 6.33 Å². The van der Waals surface area contributed by atoms with Crippen LogP contribution in [-0.2, 0) is 0 Å². The Labute approximate surface area is 85.8 Å². The maximum atomic E-state index is 6.00. The van der Waals surface area contributed by atoms with Crippen molar-refractivity contribution < 1.29 is 0 Å². The van der Waals surface area contributed by atoms with Gasteiger partial charge in [-0.05, 0) is 12.3 Å². The van der Waals surface area contributed by atoms with Crippen molar-refractivity contribution in [3.63, 3.8) is 0 Å². The summed E-state index contributed by atoms with van der Waals surface area (Å²) in [5.74, 6) is 0.759. The Morgan fingerprint density at radius 3 is 2.43 bits per heavy atom. The number of rotatable bonds is 5. The lowest BCUT2D eigenvalue weighted by Gasteiger charge is -2.11. The molecule has 78 valence electrons. The molecule has 0 bridgehead atoms. The van der Waals surface area contributed by atoms with Gasteiger partial charge in [-0.2, -0.15) is 0 Å². The second-order valence-corrected chi connectivity index (χ2v) is 4.10. The van der Waals surface area contributed by atoms with Crippen molar-refractivity contribution >= 4 is 0 Å². The van der Waals surface area contributed by atoms with Crippen molar-refractivity contribution in [2.24, 2.45) is 11.7 Å². The Balaban J connectivity index is 2.32. The molecule has 0 radical (unpaired) electrons. The van der Waals surface area contributed by atoms with Gasteiger partial charge in [0, 0.05) is 24.0 Å². The molecule has 0 saturated carbocycles. The normalized spacial score (nSPS) is 13.1. The Morgan fingerprint density at radius 1 is 1.21 bits per heavy atom. The fourth-order valence-corrected chi connectivity index (χ4v) is 1.41. The number of hydrogen-bond acceptors (Lipinski definition) is 3. The predicted octanol–water partition coefficient (Wildman–Crippen LogP) is 2.30. The van der Waals surface area contributed by atoms with Crippen LogP contribution in [0.3, 0.4) is 0 Å². The zero-order valence-electron chi connectivity index (χ0n) is 8.98. The molecule has 0 saturated heterocycles. The highest BCUT2D eigenvalue weighted by Gasteiger charge is 2.06. The summed E-state index contributed by atoms with van der Waals surface area (Å²) >= 11 is 0. The quantitative estimate of drug-likeness (QED) is 0.780. The first-order valence-electron chi connectivity index (χ1n) is 5.20. The molecular formula is C11H19N3. The van der Waals surface area contributed by atoms with E-state index in [0.29, 0.717) is 0 Å². The van der Waals surface area contributed by atoms with Crippen LogP contribution in [0.25, 0.3) is 0 Å². The van der Waals surface area contributed by atoms with Gasteiger partial charge < -0.3 is 5.73 Å². The molecule has 2 N–H and O–H groups in total. The highest BCUT2D eigenvalue weighted by molar-refractivity contribution is 5.07. The first-order chi connectivity index (χ1) is 6.70. The first kappa shape index (κ1) is 11.1. The average molecular weight is 193 g/mol. The van der Waals surface area contributed by atoms with Crippen molar-refractivity contribution in [1.82, 2.24) is 9.97 Å². The average Bonchev–Trinajstić information content (AvgIpc) is 2.18. The molecule has 14 heavy (non-hydrogen) atoms. The number of hydrogen-bond donors (Lipinski definition) is 1. The van der Waals surface area contributed by atoms with Crippen molar-refractivity contribution in [3.8, 4) is 0 Å². The summed E-state index contributed by atoms with van der Waals surface area (Å²) in [6.45, 7) is 4.47. The van der Waals surface area contributed by atoms with Gasteiger partial charge in [-0.25, -0.2) is 9.97 Å². The molecule has 0 amide bonds. The van der Waals surface area contributed by atoms with Crippen LogP contribution in [0.5, 0.6) is 0 Å². The maximum absolute atomic E-state index is 6.00. The van der Waals surface area contributed by atoms with Crippen LogP contribution in [0.2, 0.25) is 0 Å². The van der Waals surface area contributed by atoms with E-state index in [1.54, 1.807) is 12.4 Å². The molecule has 1 aromatic heterocycles. The monoisotopic (exact) mass is 193 g/mol. The summed E-state index contributed by atoms with van der Waals surface area (Å²) in [6, 6.07) is 0.0925. The van der Waals surface area contributed by atoms with Crippen LogP contribution in [-0.4, -0.2) is 9.97 Å². The largest absolute Gasteiger partial charge is 0.324 e. The summed E-state index contributed by atoms with van der Waals surface area (Å²) in [5.41, 5.74) is 7.04. The Bertz CT molecular complexity index is 246. The molecule has 1 unspecified atom stereocenters. The first-order valence-corrected chi connectivity index (χ1v) is 5.20. The highest BCUT2D eigenvalue weighted by Crippen LogP contribution is 2.16. The molecule has 1 aromatic rings. The minimum atomic E-state index is 0.0925. The van der Waals surface area contributed by atoms with Crippen LogP contribution in [0.1, 0.15) is 44.7 Å². The zero-order valence-corrected chi connectivity index (χ0v) is 8.98. The van der Waals surface area contributed by atoms with Gasteiger partial charge in [-0.15, -0.1) is 0 Å². The van der Waals surface area contributed by atoms with Gasteiger partial charge >= 0.3 is 0 Å². The number of nitrogens with two attached hydrogens (primary N) is 1. The summed E-state index contributed by atoms with van der Waals surface area (Å²) in [6.07, 6.45) is 8.56. The van der Waals surface area contributed by atoms with Gasteiger partial charge in [0.25, 0.3) is 0 Å². The highest BCUT2D eigenvalue weighted by atomic mass is 14.8. The number of aromatic nitrogens is 2. The Morgan fingerprint density at radius 2 is 1.86 bits per heavy atom. The van der Waals surface area contributed by atoms with E-state index in [1.165, 1.54) is 19.2 Å². The lowest BCUT2D eigenvalue weighted by molar-refractivity contribution is 0.504. The van der Waals surface area contributed by atoms with E-state index >= 15 is 0 Å². The zero-order chi connectivity index (χ0) is 10.4. The summed E-state index contributed by atoms with van der Waals surface area (Å²) in [7, 11) is 0. The SMILES string of the molecule is CC(C)CCCC(N)c1cncnc1. The minimum absolute atomic E-state index is 0.0925. The minimum Gasteiger partial charge on any atom is -0.324 e. The lowest BCUT2D eigenvalue weighted by Crippen LogP contribution is -2.11. The van der Waals surface area contributed by atoms with E-state index in [-0.39, 0.29) is 6.04 Å². The third-order valence-electron chi connectivity index (χ3n) is 2.31. The van der Waals surface area contributed by atoms with Gasteiger partial charge in [0.15, 0.2) is 0 Å². The van der Waals surface area contributed by atoms with Crippen LogP contribution >= 0.6 is 0 Å². The van der Waals surface area contributed by atoms with Crippen molar-refractivity contribution in [1.29, 1.82) is 0 Å². The molecule has 3 nitrogen and oxygen atoms in total. The van der Waals surface area contributed by atoms with Gasteiger partial charge in [-0.3, -0.25) is 0 Å². The molecule has 0 aliphatic heterocycles. The molecule has 1 atom stereocenters. The van der Waals surface area contributed by atoms with Crippen molar-refractivity contribution in [2.45, 2.75) is 39.2 Å². The van der Waals surface area contributed by atoms with Gasteiger partial charge in [0.2, 0.25) is 0 Å². The van der Waals surface area contributed by atoms with E-state index < -0.39 is 0 Å². The standard InChI is InChI=1S/C11H19N3/c1-9(2)4-3-5-11(12)10-6-13-8-14-7-10/h6-9,11H,3-5,12H2,1-2H3. The van der Waals surface area contributed by atoms with Crippen LogP contribution in [0.4, 0.5) is 0 Å². The van der Waals surface area contributed by atoms with E-state index in [0.717, 1.165) is 17.9 Å². The molecular weight excluding hydrogens is 174 g/mol. The fraction of sp³-hybridized carbons (Fsp3) is 0.636. The topological polar surface area (TPSA) is 51.8 Å². The molecule has 3 heteroatoms. The van der Waals surface area contributed by atoms with Crippen LogP contribution in [0, 0.1) is 5.92 Å². The van der Waals surface area contributed by atoms with E-state index in [1.807, 2.05) is 0 Å². The van der Waals surface area contributed by atoms with Gasteiger partial charge in [-0.1, -0.05) is 26.7 Å². The maximum Gasteiger partial charge on any atom is 0.115 e. The molecule has 0 aromatic carbocycles. The molecule has 0 aliphatic rings. The molecule has 1 rings (SSSR count). The Hall–Kier alpha value is -0.960. The summed E-state index contributed by atoms with van der Waals surface area (Å²) < 4.78 is 0. The lowest BCUT2D eigenvalue weighted by atomic mass is 10.0. The predicted molar refractivity (Wildman–Crippen MR) is 57.6 cm³/mol. The Kier molecular flexibility index (Phi) is 4.53. The second-order valence-electron chi connectivity index (χ2n) is 4.10. The van der Waals surface area contributed by atoms with E-state index in [9.17, 15) is 0 Å². The summed E-state index contributed by atoms with van der Waals surface area (Å²) in [4.78, 5) is 7.92. The summed E-state index contributed by atoms with van der Waals surface area (Å²) in [5, 5.41) is 0. The van der Waals surface area contributed by atoms with Crippen LogP contribution in [0.15, 0.2) is 18.7 Å². The molecule has 0 fully saturated rings. The number of nitrogens with zero attached hydrogens (tertiary/aromatic N) is 2. The third-order valence-corrected chi connectivity index (χ3v) is 2.31. The fourth-order valence-electron chi connectivity index (χ4n) is 1.41. The molecule has 0 aliphatic carbocycles. The smallest absolute Gasteiger partial charge is 0.115 e. The van der Waals surface area contributed by atoms with E-state index in [2.05, 4.69) is 23.8 Å². The van der Waals surface area contributed by atoms with E-state index in [4.69, 9.17) is 5.73 Å². The van der Waals surface area contributed by atoms with Crippen LogP contribution < -0.4 is 5.73 Å². The second kappa shape index (κ2) is 5.70. The molecule has 1 heterocycles.